The third kappa shape index (κ3) is 2.82. The molecular formula is C15H18F2N2O. The van der Waals surface area contributed by atoms with Gasteiger partial charge in [0.05, 0.1) is 0 Å². The maximum absolute atomic E-state index is 13.7. The Balaban J connectivity index is 1.59. The number of hydrogen-bond acceptors (Lipinski definition) is 2. The van der Waals surface area contributed by atoms with E-state index in [2.05, 4.69) is 10.6 Å². The summed E-state index contributed by atoms with van der Waals surface area (Å²) in [5.74, 6) is -1.41. The number of amides is 1. The molecule has 1 aliphatic heterocycles. The summed E-state index contributed by atoms with van der Waals surface area (Å²) in [6.45, 7) is 1.80. The Morgan fingerprint density at radius 1 is 1.35 bits per heavy atom. The number of piperidine rings is 1. The van der Waals surface area contributed by atoms with Crippen LogP contribution in [0.5, 0.6) is 0 Å². The van der Waals surface area contributed by atoms with Gasteiger partial charge in [-0.1, -0.05) is 6.07 Å². The van der Waals surface area contributed by atoms with Gasteiger partial charge in [-0.25, -0.2) is 8.78 Å². The second-order valence-corrected chi connectivity index (χ2v) is 5.67. The lowest BCUT2D eigenvalue weighted by Gasteiger charge is -2.23. The van der Waals surface area contributed by atoms with E-state index in [1.807, 2.05) is 0 Å². The van der Waals surface area contributed by atoms with Gasteiger partial charge >= 0.3 is 0 Å². The van der Waals surface area contributed by atoms with Gasteiger partial charge < -0.3 is 10.6 Å². The average Bonchev–Trinajstić information content (AvgIpc) is 3.20. The molecule has 1 saturated carbocycles. The second kappa shape index (κ2) is 5.48. The summed E-state index contributed by atoms with van der Waals surface area (Å²) in [7, 11) is 0. The molecule has 20 heavy (non-hydrogen) atoms. The number of carbonyl (C=O) groups is 1. The molecule has 5 heteroatoms. The molecule has 108 valence electrons. The van der Waals surface area contributed by atoms with E-state index in [0.717, 1.165) is 32.0 Å². The molecule has 1 aromatic rings. The predicted octanol–water partition coefficient (Wildman–Crippen LogP) is 1.94. The standard InChI is InChI=1S/C15H18F2N2O/c16-9-3-4-11(14(17)6-9)12-7-13(12)15(20)19-10-2-1-5-18-8-10/h3-4,6,10,12-13,18H,1-2,5,7-8H2,(H,19,20). The zero-order valence-electron chi connectivity index (χ0n) is 11.2. The molecule has 1 amide bonds. The van der Waals surface area contributed by atoms with Crippen molar-refractivity contribution in [2.75, 3.05) is 13.1 Å². The van der Waals surface area contributed by atoms with E-state index >= 15 is 0 Å². The van der Waals surface area contributed by atoms with Crippen LogP contribution in [0.1, 0.15) is 30.7 Å². The molecule has 0 bridgehead atoms. The van der Waals surface area contributed by atoms with E-state index in [9.17, 15) is 13.6 Å². The normalized spacial score (nSPS) is 29.0. The average molecular weight is 280 g/mol. The van der Waals surface area contributed by atoms with Crippen molar-refractivity contribution in [1.82, 2.24) is 10.6 Å². The van der Waals surface area contributed by atoms with Gasteiger partial charge in [-0.3, -0.25) is 4.79 Å². The van der Waals surface area contributed by atoms with Gasteiger partial charge in [-0.2, -0.15) is 0 Å². The van der Waals surface area contributed by atoms with Crippen LogP contribution in [-0.2, 0) is 4.79 Å². The van der Waals surface area contributed by atoms with Crippen LogP contribution in [0.25, 0.3) is 0 Å². The van der Waals surface area contributed by atoms with E-state index in [0.29, 0.717) is 12.0 Å². The molecule has 1 heterocycles. The van der Waals surface area contributed by atoms with Gasteiger partial charge in [-0.05, 0) is 43.4 Å². The van der Waals surface area contributed by atoms with Gasteiger partial charge in [0.15, 0.2) is 0 Å². The Kier molecular flexibility index (Phi) is 3.70. The van der Waals surface area contributed by atoms with Crippen molar-refractivity contribution in [3.8, 4) is 0 Å². The summed E-state index contributed by atoms with van der Waals surface area (Å²) in [5, 5.41) is 6.25. The molecule has 0 aromatic heterocycles. The third-order valence-electron chi connectivity index (χ3n) is 4.13. The topological polar surface area (TPSA) is 41.1 Å². The fourth-order valence-electron chi connectivity index (χ4n) is 2.91. The van der Waals surface area contributed by atoms with Crippen molar-refractivity contribution >= 4 is 5.91 Å². The first-order valence-corrected chi connectivity index (χ1v) is 7.11. The van der Waals surface area contributed by atoms with E-state index in [1.165, 1.54) is 12.1 Å². The lowest BCUT2D eigenvalue weighted by Crippen LogP contribution is -2.46. The molecule has 0 radical (unpaired) electrons. The zero-order chi connectivity index (χ0) is 14.1. The molecule has 2 fully saturated rings. The maximum atomic E-state index is 13.7. The molecule has 1 saturated heterocycles. The monoisotopic (exact) mass is 280 g/mol. The SMILES string of the molecule is O=C(NC1CCCNC1)C1CC1c1ccc(F)cc1F. The minimum Gasteiger partial charge on any atom is -0.352 e. The Labute approximate surface area is 116 Å². The van der Waals surface area contributed by atoms with Crippen LogP contribution in [0.15, 0.2) is 18.2 Å². The summed E-state index contributed by atoms with van der Waals surface area (Å²) >= 11 is 0. The van der Waals surface area contributed by atoms with Crippen molar-refractivity contribution in [1.29, 1.82) is 0 Å². The molecule has 1 aliphatic carbocycles. The summed E-state index contributed by atoms with van der Waals surface area (Å²) in [4.78, 5) is 12.1. The van der Waals surface area contributed by atoms with Crippen LogP contribution in [0, 0.1) is 17.6 Å². The van der Waals surface area contributed by atoms with Gasteiger partial charge in [0, 0.05) is 24.6 Å². The van der Waals surface area contributed by atoms with Gasteiger partial charge in [0.25, 0.3) is 0 Å². The lowest BCUT2D eigenvalue weighted by atomic mass is 10.1. The van der Waals surface area contributed by atoms with Crippen LogP contribution < -0.4 is 10.6 Å². The third-order valence-corrected chi connectivity index (χ3v) is 4.13. The first-order chi connectivity index (χ1) is 9.65. The fraction of sp³-hybridized carbons (Fsp3) is 0.533. The molecule has 3 atom stereocenters. The molecule has 3 rings (SSSR count). The quantitative estimate of drug-likeness (QED) is 0.888. The molecule has 3 unspecified atom stereocenters. The minimum atomic E-state index is -0.582. The summed E-state index contributed by atoms with van der Waals surface area (Å²) < 4.78 is 26.5. The van der Waals surface area contributed by atoms with Crippen LogP contribution in [0.2, 0.25) is 0 Å². The van der Waals surface area contributed by atoms with Gasteiger partial charge in [-0.15, -0.1) is 0 Å². The highest BCUT2D eigenvalue weighted by molar-refractivity contribution is 5.83. The smallest absolute Gasteiger partial charge is 0.224 e. The number of nitrogens with one attached hydrogen (secondary N) is 2. The van der Waals surface area contributed by atoms with E-state index in [4.69, 9.17) is 0 Å². The zero-order valence-corrected chi connectivity index (χ0v) is 11.2. The van der Waals surface area contributed by atoms with Crippen molar-refractivity contribution < 1.29 is 13.6 Å². The van der Waals surface area contributed by atoms with E-state index in [1.54, 1.807) is 0 Å². The number of carbonyl (C=O) groups excluding carboxylic acids is 1. The summed E-state index contributed by atoms with van der Waals surface area (Å²) in [6, 6.07) is 3.76. The van der Waals surface area contributed by atoms with Gasteiger partial charge in [0.2, 0.25) is 5.91 Å². The fourth-order valence-corrected chi connectivity index (χ4v) is 2.91. The minimum absolute atomic E-state index is 0.00701. The van der Waals surface area contributed by atoms with Crippen LogP contribution in [0.3, 0.4) is 0 Å². The number of hydrogen-bond donors (Lipinski definition) is 2. The van der Waals surface area contributed by atoms with Gasteiger partial charge in [0.1, 0.15) is 11.6 Å². The highest BCUT2D eigenvalue weighted by Crippen LogP contribution is 2.48. The maximum Gasteiger partial charge on any atom is 0.224 e. The predicted molar refractivity (Wildman–Crippen MR) is 71.2 cm³/mol. The van der Waals surface area contributed by atoms with Crippen molar-refractivity contribution in [2.24, 2.45) is 5.92 Å². The Hall–Kier alpha value is -1.49. The highest BCUT2D eigenvalue weighted by Gasteiger charge is 2.45. The molecule has 1 aromatic carbocycles. The lowest BCUT2D eigenvalue weighted by molar-refractivity contribution is -0.123. The first kappa shape index (κ1) is 13.5. The first-order valence-electron chi connectivity index (χ1n) is 7.11. The second-order valence-electron chi connectivity index (χ2n) is 5.67. The Bertz CT molecular complexity index is 515. The van der Waals surface area contributed by atoms with Crippen LogP contribution in [0.4, 0.5) is 8.78 Å². The Morgan fingerprint density at radius 3 is 2.90 bits per heavy atom. The number of rotatable bonds is 3. The van der Waals surface area contributed by atoms with E-state index in [-0.39, 0.29) is 23.8 Å². The molecule has 2 N–H and O–H groups in total. The molecule has 0 spiro atoms. The van der Waals surface area contributed by atoms with Crippen LogP contribution in [-0.4, -0.2) is 25.0 Å². The van der Waals surface area contributed by atoms with E-state index < -0.39 is 11.6 Å². The van der Waals surface area contributed by atoms with Crippen molar-refractivity contribution in [3.05, 3.63) is 35.4 Å². The number of benzene rings is 1. The number of halogens is 2. The largest absolute Gasteiger partial charge is 0.352 e. The Morgan fingerprint density at radius 2 is 2.20 bits per heavy atom. The molecule has 2 aliphatic rings. The van der Waals surface area contributed by atoms with Crippen molar-refractivity contribution in [2.45, 2.75) is 31.2 Å². The summed E-state index contributed by atoms with van der Waals surface area (Å²) in [6.07, 6.45) is 2.70. The van der Waals surface area contributed by atoms with Crippen molar-refractivity contribution in [3.63, 3.8) is 0 Å². The highest BCUT2D eigenvalue weighted by atomic mass is 19.1. The summed E-state index contributed by atoms with van der Waals surface area (Å²) in [5.41, 5.74) is 0.452. The van der Waals surface area contributed by atoms with Crippen LogP contribution >= 0.6 is 0 Å². The molecular weight excluding hydrogens is 262 g/mol. The molecule has 3 nitrogen and oxygen atoms in total.